The Kier molecular flexibility index (Phi) is 5.35. The largest absolute Gasteiger partial charge is 0.338 e. The fourth-order valence-corrected chi connectivity index (χ4v) is 5.07. The first-order valence-corrected chi connectivity index (χ1v) is 10.3. The summed E-state index contributed by atoms with van der Waals surface area (Å²) in [6.45, 7) is 4.02. The molecule has 0 aromatic heterocycles. The van der Waals surface area contributed by atoms with Crippen molar-refractivity contribution in [1.29, 1.82) is 0 Å². The van der Waals surface area contributed by atoms with Gasteiger partial charge in [0.25, 0.3) is 0 Å². The summed E-state index contributed by atoms with van der Waals surface area (Å²) in [7, 11) is 0. The molecule has 1 saturated heterocycles. The van der Waals surface area contributed by atoms with Crippen LogP contribution in [0.4, 0.5) is 19.3 Å². The van der Waals surface area contributed by atoms with E-state index in [1.54, 1.807) is 0 Å². The SMILES string of the molecule is O=C(NCC1CN(CC2CC2)CC12CCCCC2)Nc1cc(F)cc(F)c1. The maximum Gasteiger partial charge on any atom is 0.319 e. The molecule has 2 N–H and O–H groups in total. The smallest absolute Gasteiger partial charge is 0.319 e. The minimum atomic E-state index is -0.696. The van der Waals surface area contributed by atoms with E-state index in [0.29, 0.717) is 17.9 Å². The normalized spacial score (nSPS) is 24.9. The van der Waals surface area contributed by atoms with Crippen LogP contribution in [0.1, 0.15) is 44.9 Å². The van der Waals surface area contributed by atoms with Gasteiger partial charge < -0.3 is 15.5 Å². The number of nitrogens with zero attached hydrogens (tertiary/aromatic N) is 1. The zero-order chi connectivity index (χ0) is 18.9. The lowest BCUT2D eigenvalue weighted by Crippen LogP contribution is -2.41. The van der Waals surface area contributed by atoms with Gasteiger partial charge in [-0.25, -0.2) is 13.6 Å². The van der Waals surface area contributed by atoms with Crippen LogP contribution in [0, 0.1) is 28.9 Å². The lowest BCUT2D eigenvalue weighted by molar-refractivity contribution is 0.138. The molecule has 1 aromatic carbocycles. The van der Waals surface area contributed by atoms with E-state index in [1.807, 2.05) is 0 Å². The number of carbonyl (C=O) groups is 1. The van der Waals surface area contributed by atoms with Gasteiger partial charge in [-0.3, -0.25) is 0 Å². The zero-order valence-corrected chi connectivity index (χ0v) is 15.8. The second-order valence-corrected chi connectivity index (χ2v) is 8.75. The summed E-state index contributed by atoms with van der Waals surface area (Å²) < 4.78 is 26.6. The predicted molar refractivity (Wildman–Crippen MR) is 102 cm³/mol. The lowest BCUT2D eigenvalue weighted by Gasteiger charge is -2.38. The summed E-state index contributed by atoms with van der Waals surface area (Å²) in [6, 6.07) is 2.64. The van der Waals surface area contributed by atoms with Crippen LogP contribution in [-0.2, 0) is 0 Å². The van der Waals surface area contributed by atoms with Crippen LogP contribution in [-0.4, -0.2) is 37.1 Å². The van der Waals surface area contributed by atoms with Crippen LogP contribution >= 0.6 is 0 Å². The molecule has 0 bridgehead atoms. The molecule has 1 atom stereocenters. The van der Waals surface area contributed by atoms with Crippen molar-refractivity contribution in [2.75, 3.05) is 31.5 Å². The Hall–Kier alpha value is -1.69. The van der Waals surface area contributed by atoms with Gasteiger partial charge in [-0.2, -0.15) is 0 Å². The molecule has 4 rings (SSSR count). The second-order valence-electron chi connectivity index (χ2n) is 8.75. The number of hydrogen-bond acceptors (Lipinski definition) is 2. The topological polar surface area (TPSA) is 44.4 Å². The van der Waals surface area contributed by atoms with Crippen molar-refractivity contribution in [3.63, 3.8) is 0 Å². The van der Waals surface area contributed by atoms with Gasteiger partial charge in [0, 0.05) is 37.9 Å². The molecule has 2 saturated carbocycles. The highest BCUT2D eigenvalue weighted by Crippen LogP contribution is 2.48. The molecule has 3 fully saturated rings. The highest BCUT2D eigenvalue weighted by atomic mass is 19.1. The number of benzene rings is 1. The highest BCUT2D eigenvalue weighted by Gasteiger charge is 2.47. The molecule has 2 aliphatic carbocycles. The Bertz CT molecular complexity index is 666. The number of carbonyl (C=O) groups excluding carboxylic acids is 1. The van der Waals surface area contributed by atoms with Crippen LogP contribution in [0.25, 0.3) is 0 Å². The Morgan fingerprint density at radius 1 is 1.11 bits per heavy atom. The van der Waals surface area contributed by atoms with E-state index >= 15 is 0 Å². The first-order valence-electron chi connectivity index (χ1n) is 10.3. The fraction of sp³-hybridized carbons (Fsp3) is 0.667. The van der Waals surface area contributed by atoms with Gasteiger partial charge in [0.05, 0.1) is 0 Å². The Balaban J connectivity index is 1.35. The minimum Gasteiger partial charge on any atom is -0.338 e. The molecule has 27 heavy (non-hydrogen) atoms. The van der Waals surface area contributed by atoms with Gasteiger partial charge >= 0.3 is 6.03 Å². The van der Waals surface area contributed by atoms with Crippen LogP contribution in [0.5, 0.6) is 0 Å². The molecular formula is C21H29F2N3O. The number of rotatable bonds is 5. The molecule has 1 heterocycles. The molecule has 6 heteroatoms. The van der Waals surface area contributed by atoms with Gasteiger partial charge in [-0.05, 0) is 55.1 Å². The molecule has 4 nitrogen and oxygen atoms in total. The summed E-state index contributed by atoms with van der Waals surface area (Å²) in [5.74, 6) is -0.0639. The lowest BCUT2D eigenvalue weighted by atomic mass is 9.68. The van der Waals surface area contributed by atoms with Crippen LogP contribution in [0.15, 0.2) is 18.2 Å². The highest BCUT2D eigenvalue weighted by molar-refractivity contribution is 5.89. The van der Waals surface area contributed by atoms with E-state index in [-0.39, 0.29) is 5.69 Å². The second kappa shape index (κ2) is 7.74. The van der Waals surface area contributed by atoms with Crippen molar-refractivity contribution in [3.05, 3.63) is 29.8 Å². The number of amides is 2. The monoisotopic (exact) mass is 377 g/mol. The summed E-state index contributed by atoms with van der Waals surface area (Å²) >= 11 is 0. The van der Waals surface area contributed by atoms with Crippen LogP contribution in [0.3, 0.4) is 0 Å². The van der Waals surface area contributed by atoms with Crippen molar-refractivity contribution in [2.45, 2.75) is 44.9 Å². The van der Waals surface area contributed by atoms with Crippen molar-refractivity contribution in [2.24, 2.45) is 17.3 Å². The third-order valence-electron chi connectivity index (χ3n) is 6.58. The van der Waals surface area contributed by atoms with E-state index < -0.39 is 17.7 Å². The summed E-state index contributed by atoms with van der Waals surface area (Å²) in [5.41, 5.74) is 0.463. The molecule has 1 unspecified atom stereocenters. The van der Waals surface area contributed by atoms with Crippen molar-refractivity contribution >= 4 is 11.7 Å². The quantitative estimate of drug-likeness (QED) is 0.800. The predicted octanol–water partition coefficient (Wildman–Crippen LogP) is 4.38. The number of nitrogens with one attached hydrogen (secondary N) is 2. The summed E-state index contributed by atoms with van der Waals surface area (Å²) in [5, 5.41) is 5.50. The summed E-state index contributed by atoms with van der Waals surface area (Å²) in [6.07, 6.45) is 9.09. The Morgan fingerprint density at radius 2 is 1.81 bits per heavy atom. The van der Waals surface area contributed by atoms with Gasteiger partial charge in [-0.15, -0.1) is 0 Å². The zero-order valence-electron chi connectivity index (χ0n) is 15.8. The maximum atomic E-state index is 13.3. The van der Waals surface area contributed by atoms with E-state index in [1.165, 1.54) is 51.5 Å². The van der Waals surface area contributed by atoms with Gasteiger partial charge in [0.15, 0.2) is 0 Å². The molecule has 1 spiro atoms. The third kappa shape index (κ3) is 4.60. The van der Waals surface area contributed by atoms with E-state index in [2.05, 4.69) is 15.5 Å². The summed E-state index contributed by atoms with van der Waals surface area (Å²) in [4.78, 5) is 14.9. The average Bonchev–Trinajstić information content (AvgIpc) is 3.36. The van der Waals surface area contributed by atoms with E-state index in [9.17, 15) is 13.6 Å². The van der Waals surface area contributed by atoms with E-state index in [0.717, 1.165) is 37.2 Å². The first-order chi connectivity index (χ1) is 13.0. The van der Waals surface area contributed by atoms with Crippen molar-refractivity contribution < 1.29 is 13.6 Å². The van der Waals surface area contributed by atoms with Gasteiger partial charge in [0.1, 0.15) is 11.6 Å². The Labute approximate surface area is 159 Å². The number of halogens is 2. The van der Waals surface area contributed by atoms with E-state index in [4.69, 9.17) is 0 Å². The maximum absolute atomic E-state index is 13.3. The molecule has 0 radical (unpaired) electrons. The van der Waals surface area contributed by atoms with Crippen molar-refractivity contribution in [3.8, 4) is 0 Å². The van der Waals surface area contributed by atoms with Crippen LogP contribution in [0.2, 0.25) is 0 Å². The van der Waals surface area contributed by atoms with Crippen molar-refractivity contribution in [1.82, 2.24) is 10.2 Å². The number of likely N-dealkylation sites (tertiary alicyclic amines) is 1. The number of hydrogen-bond donors (Lipinski definition) is 2. The first kappa shape index (κ1) is 18.7. The number of urea groups is 1. The Morgan fingerprint density at radius 3 is 2.48 bits per heavy atom. The molecule has 1 aromatic rings. The third-order valence-corrected chi connectivity index (χ3v) is 6.58. The molecule has 3 aliphatic rings. The molecule has 2 amide bonds. The molecule has 1 aliphatic heterocycles. The fourth-order valence-electron chi connectivity index (χ4n) is 5.07. The van der Waals surface area contributed by atoms with Crippen LogP contribution < -0.4 is 10.6 Å². The average molecular weight is 377 g/mol. The molecular weight excluding hydrogens is 348 g/mol. The van der Waals surface area contributed by atoms with Gasteiger partial charge in [0.2, 0.25) is 0 Å². The number of anilines is 1. The molecule has 148 valence electrons. The standard InChI is InChI=1S/C21H29F2N3O/c22-17-8-18(23)10-19(9-17)25-20(27)24-11-16-13-26(12-15-4-5-15)14-21(16)6-2-1-3-7-21/h8-10,15-16H,1-7,11-14H2,(H2,24,25,27). The minimum absolute atomic E-state index is 0.138. The van der Waals surface area contributed by atoms with Gasteiger partial charge in [-0.1, -0.05) is 19.3 Å².